The van der Waals surface area contributed by atoms with Crippen LogP contribution in [0, 0.1) is 5.92 Å². The Kier molecular flexibility index (Phi) is 5.28. The molecule has 0 amide bonds. The zero-order valence-corrected chi connectivity index (χ0v) is 7.37. The van der Waals surface area contributed by atoms with Crippen LogP contribution in [0.15, 0.2) is 0 Å². The van der Waals surface area contributed by atoms with E-state index in [-0.39, 0.29) is 12.4 Å². The smallest absolute Gasteiger partial charge is 0.310 e. The molecular formula is C8H14O4. The van der Waals surface area contributed by atoms with Crippen LogP contribution >= 0.6 is 0 Å². The fourth-order valence-electron chi connectivity index (χ4n) is 0.628. The molecule has 0 saturated heterocycles. The summed E-state index contributed by atoms with van der Waals surface area (Å²) >= 11 is 0. The van der Waals surface area contributed by atoms with Gasteiger partial charge in [0.15, 0.2) is 5.78 Å². The fourth-order valence-corrected chi connectivity index (χ4v) is 0.628. The van der Waals surface area contributed by atoms with Crippen LogP contribution in [0.25, 0.3) is 0 Å². The summed E-state index contributed by atoms with van der Waals surface area (Å²) in [5, 5.41) is 8.22. The third-order valence-electron chi connectivity index (χ3n) is 1.06. The molecule has 0 aromatic rings. The van der Waals surface area contributed by atoms with E-state index in [1.807, 2.05) is 13.8 Å². The van der Waals surface area contributed by atoms with E-state index in [9.17, 15) is 9.59 Å². The lowest BCUT2D eigenvalue weighted by Gasteiger charge is -2.04. The monoisotopic (exact) mass is 174 g/mol. The molecule has 0 aromatic carbocycles. The molecule has 0 aromatic heterocycles. The summed E-state index contributed by atoms with van der Waals surface area (Å²) in [7, 11) is 0. The van der Waals surface area contributed by atoms with Crippen molar-refractivity contribution in [2.75, 3.05) is 13.2 Å². The second kappa shape index (κ2) is 5.71. The van der Waals surface area contributed by atoms with Gasteiger partial charge in [-0.2, -0.15) is 0 Å². The van der Waals surface area contributed by atoms with Gasteiger partial charge in [-0.1, -0.05) is 13.8 Å². The van der Waals surface area contributed by atoms with Crippen LogP contribution in [0.1, 0.15) is 20.3 Å². The van der Waals surface area contributed by atoms with E-state index in [0.717, 1.165) is 0 Å². The lowest BCUT2D eigenvalue weighted by Crippen LogP contribution is -2.15. The van der Waals surface area contributed by atoms with Crippen molar-refractivity contribution in [1.29, 1.82) is 0 Å². The van der Waals surface area contributed by atoms with E-state index in [2.05, 4.69) is 0 Å². The first-order valence-corrected chi connectivity index (χ1v) is 3.83. The number of carboxylic acid groups (broad SMARTS) is 1. The van der Waals surface area contributed by atoms with Gasteiger partial charge >= 0.3 is 5.97 Å². The molecule has 4 heteroatoms. The van der Waals surface area contributed by atoms with Crippen molar-refractivity contribution in [3.63, 3.8) is 0 Å². The Hall–Kier alpha value is -0.900. The van der Waals surface area contributed by atoms with Gasteiger partial charge in [0.1, 0.15) is 13.0 Å². The molecule has 0 heterocycles. The maximum Gasteiger partial charge on any atom is 0.310 e. The van der Waals surface area contributed by atoms with Crippen molar-refractivity contribution in [3.05, 3.63) is 0 Å². The van der Waals surface area contributed by atoms with Crippen molar-refractivity contribution >= 4 is 11.8 Å². The van der Waals surface area contributed by atoms with Gasteiger partial charge in [0.25, 0.3) is 0 Å². The number of carbonyl (C=O) groups excluding carboxylic acids is 1. The molecule has 1 N–H and O–H groups in total. The number of rotatable bonds is 6. The zero-order valence-electron chi connectivity index (χ0n) is 7.37. The third-order valence-corrected chi connectivity index (χ3v) is 1.06. The van der Waals surface area contributed by atoms with Crippen LogP contribution in [0.4, 0.5) is 0 Å². The van der Waals surface area contributed by atoms with E-state index in [1.165, 1.54) is 0 Å². The molecule has 0 rings (SSSR count). The van der Waals surface area contributed by atoms with E-state index in [4.69, 9.17) is 9.84 Å². The third kappa shape index (κ3) is 7.21. The Morgan fingerprint density at radius 3 is 2.42 bits per heavy atom. The van der Waals surface area contributed by atoms with Crippen LogP contribution in [0.2, 0.25) is 0 Å². The second-order valence-electron chi connectivity index (χ2n) is 3.02. The molecule has 0 unspecified atom stereocenters. The Labute approximate surface area is 71.5 Å². The van der Waals surface area contributed by atoms with Crippen LogP contribution in [0.5, 0.6) is 0 Å². The molecule has 0 saturated carbocycles. The van der Waals surface area contributed by atoms with E-state index >= 15 is 0 Å². The number of carbonyl (C=O) groups is 2. The highest BCUT2D eigenvalue weighted by Crippen LogP contribution is 1.93. The number of Topliss-reactive ketones (excluding diaryl/α,β-unsaturated/α-hetero) is 1. The number of carboxylic acids is 1. The molecule has 0 aliphatic carbocycles. The lowest BCUT2D eigenvalue weighted by molar-refractivity contribution is -0.141. The number of ether oxygens (including phenoxy) is 1. The normalized spacial score (nSPS) is 10.2. The zero-order chi connectivity index (χ0) is 9.56. The molecule has 0 spiro atoms. The average molecular weight is 174 g/mol. The van der Waals surface area contributed by atoms with Crippen LogP contribution in [0.3, 0.4) is 0 Å². The minimum atomic E-state index is -1.10. The lowest BCUT2D eigenvalue weighted by atomic mass is 10.2. The Morgan fingerprint density at radius 2 is 2.00 bits per heavy atom. The topological polar surface area (TPSA) is 63.6 Å². The number of ketones is 1. The highest BCUT2D eigenvalue weighted by atomic mass is 16.5. The first kappa shape index (κ1) is 11.1. The molecule has 0 bridgehead atoms. The summed E-state index contributed by atoms with van der Waals surface area (Å²) in [6.45, 7) is 4.32. The standard InChI is InChI=1S/C8H14O4/c1-6(2)4-12-5-7(9)3-8(10)11/h6H,3-5H2,1-2H3,(H,10,11). The highest BCUT2D eigenvalue weighted by Gasteiger charge is 2.07. The molecule has 0 fully saturated rings. The van der Waals surface area contributed by atoms with Gasteiger partial charge in [0, 0.05) is 6.61 Å². The highest BCUT2D eigenvalue weighted by molar-refractivity contribution is 5.95. The van der Waals surface area contributed by atoms with Crippen molar-refractivity contribution in [3.8, 4) is 0 Å². The summed E-state index contributed by atoms with van der Waals surface area (Å²) in [5.74, 6) is -1.13. The van der Waals surface area contributed by atoms with Crippen molar-refractivity contribution in [2.45, 2.75) is 20.3 Å². The largest absolute Gasteiger partial charge is 0.481 e. The van der Waals surface area contributed by atoms with E-state index < -0.39 is 12.4 Å². The molecule has 0 aliphatic rings. The molecule has 70 valence electrons. The van der Waals surface area contributed by atoms with Gasteiger partial charge in [0.2, 0.25) is 0 Å². The summed E-state index contributed by atoms with van der Waals surface area (Å²) in [5.41, 5.74) is 0. The summed E-state index contributed by atoms with van der Waals surface area (Å²) < 4.78 is 4.94. The first-order chi connectivity index (χ1) is 5.52. The number of hydrogen-bond donors (Lipinski definition) is 1. The molecule has 12 heavy (non-hydrogen) atoms. The predicted octanol–water partition coefficient (Wildman–Crippen LogP) is 0.703. The minimum absolute atomic E-state index is 0.0928. The average Bonchev–Trinajstić information content (AvgIpc) is 1.84. The van der Waals surface area contributed by atoms with E-state index in [1.54, 1.807) is 0 Å². The van der Waals surface area contributed by atoms with Gasteiger partial charge < -0.3 is 9.84 Å². The van der Waals surface area contributed by atoms with Gasteiger partial charge in [0.05, 0.1) is 0 Å². The van der Waals surface area contributed by atoms with Crippen LogP contribution in [-0.2, 0) is 14.3 Å². The summed E-state index contributed by atoms with van der Waals surface area (Å²) in [4.78, 5) is 20.8. The predicted molar refractivity (Wildman–Crippen MR) is 42.9 cm³/mol. The fraction of sp³-hybridized carbons (Fsp3) is 0.750. The summed E-state index contributed by atoms with van der Waals surface area (Å²) in [6, 6.07) is 0. The van der Waals surface area contributed by atoms with Crippen molar-refractivity contribution < 1.29 is 19.4 Å². The molecular weight excluding hydrogens is 160 g/mol. The van der Waals surface area contributed by atoms with Gasteiger partial charge in [-0.05, 0) is 5.92 Å². The number of hydrogen-bond acceptors (Lipinski definition) is 3. The molecule has 0 aliphatic heterocycles. The Bertz CT molecular complexity index is 162. The van der Waals surface area contributed by atoms with Crippen molar-refractivity contribution in [1.82, 2.24) is 0 Å². The van der Waals surface area contributed by atoms with Crippen LogP contribution < -0.4 is 0 Å². The summed E-state index contributed by atoms with van der Waals surface area (Å²) in [6.07, 6.45) is -0.446. The minimum Gasteiger partial charge on any atom is -0.481 e. The SMILES string of the molecule is CC(C)COCC(=O)CC(=O)O. The molecule has 0 radical (unpaired) electrons. The maximum atomic E-state index is 10.7. The Morgan fingerprint density at radius 1 is 1.42 bits per heavy atom. The maximum absolute atomic E-state index is 10.7. The van der Waals surface area contributed by atoms with Gasteiger partial charge in [-0.15, -0.1) is 0 Å². The Balaban J connectivity index is 3.38. The van der Waals surface area contributed by atoms with Gasteiger partial charge in [-0.25, -0.2) is 0 Å². The first-order valence-electron chi connectivity index (χ1n) is 3.83. The van der Waals surface area contributed by atoms with Crippen molar-refractivity contribution in [2.24, 2.45) is 5.92 Å². The molecule has 4 nitrogen and oxygen atoms in total. The van der Waals surface area contributed by atoms with Crippen LogP contribution in [-0.4, -0.2) is 30.1 Å². The molecule has 0 atom stereocenters. The second-order valence-corrected chi connectivity index (χ2v) is 3.02. The van der Waals surface area contributed by atoms with Gasteiger partial charge in [-0.3, -0.25) is 9.59 Å². The quantitative estimate of drug-likeness (QED) is 0.602. The number of aliphatic carboxylic acids is 1. The van der Waals surface area contributed by atoms with E-state index in [0.29, 0.717) is 12.5 Å².